The van der Waals surface area contributed by atoms with E-state index >= 15 is 0 Å². The van der Waals surface area contributed by atoms with Gasteiger partial charge in [0.1, 0.15) is 11.5 Å². The number of azo groups is 2. The van der Waals surface area contributed by atoms with Crippen molar-refractivity contribution in [3.63, 3.8) is 0 Å². The summed E-state index contributed by atoms with van der Waals surface area (Å²) in [4.78, 5) is 25.4. The highest BCUT2D eigenvalue weighted by Gasteiger charge is 2.11. The van der Waals surface area contributed by atoms with Crippen molar-refractivity contribution >= 4 is 67.6 Å². The number of esters is 2. The number of anilines is 2. The number of phenolic OH excluding ortho intramolecular Hbond substituents is 2. The monoisotopic (exact) mass is 876 g/mol. The summed E-state index contributed by atoms with van der Waals surface area (Å²) in [7, 11) is 0. The number of fused-ring (bicyclic) bond motifs is 2. The summed E-state index contributed by atoms with van der Waals surface area (Å²) in [5.41, 5.74) is 7.55. The molecule has 0 bridgehead atoms. The van der Waals surface area contributed by atoms with E-state index in [9.17, 15) is 19.8 Å². The molecule has 0 spiro atoms. The Labute approximate surface area is 382 Å². The van der Waals surface area contributed by atoms with Crippen LogP contribution in [0.15, 0.2) is 190 Å². The van der Waals surface area contributed by atoms with Gasteiger partial charge in [-0.1, -0.05) is 72.8 Å². The second-order valence-corrected chi connectivity index (χ2v) is 15.6. The lowest BCUT2D eigenvalue weighted by Gasteiger charge is -2.11. The maximum absolute atomic E-state index is 12.7. The second-order valence-electron chi connectivity index (χ2n) is 15.6. The fraction of sp³-hybridized carbons (Fsp3) is 0.148. The minimum absolute atomic E-state index is 0.237. The number of carbonyl (C=O) groups excluding carboxylic acids is 2. The molecule has 0 radical (unpaired) electrons. The van der Waals surface area contributed by atoms with Crippen LogP contribution in [0.4, 0.5) is 34.1 Å². The molecular weight excluding hydrogens is 829 g/mol. The summed E-state index contributed by atoms with van der Waals surface area (Å²) in [6.45, 7) is 1.79. The first kappa shape index (κ1) is 44.2. The molecule has 0 aliphatic rings. The predicted octanol–water partition coefficient (Wildman–Crippen LogP) is 14.0. The van der Waals surface area contributed by atoms with Crippen molar-refractivity contribution in [1.82, 2.24) is 0 Å². The van der Waals surface area contributed by atoms with Crippen molar-refractivity contribution in [3.05, 3.63) is 192 Å². The minimum atomic E-state index is -0.403. The molecule has 0 heterocycles. The Morgan fingerprint density at radius 2 is 0.788 bits per heavy atom. The van der Waals surface area contributed by atoms with Crippen LogP contribution >= 0.6 is 0 Å². The van der Waals surface area contributed by atoms with Crippen molar-refractivity contribution in [2.24, 2.45) is 20.5 Å². The normalized spacial score (nSPS) is 11.3. The highest BCUT2D eigenvalue weighted by atomic mass is 16.5. The zero-order valence-corrected chi connectivity index (χ0v) is 36.1. The van der Waals surface area contributed by atoms with Gasteiger partial charge in [-0.05, 0) is 134 Å². The fourth-order valence-electron chi connectivity index (χ4n) is 7.28. The molecule has 0 amide bonds. The zero-order chi connectivity index (χ0) is 45.5. The van der Waals surface area contributed by atoms with Crippen LogP contribution in [0.5, 0.6) is 11.5 Å². The minimum Gasteiger partial charge on any atom is -0.508 e. The molecule has 0 aromatic heterocycles. The van der Waals surface area contributed by atoms with Gasteiger partial charge in [-0.15, -0.1) is 10.2 Å². The number of aromatic hydroxyl groups is 2. The first-order valence-electron chi connectivity index (χ1n) is 21.8. The van der Waals surface area contributed by atoms with Crippen LogP contribution in [0.1, 0.15) is 57.5 Å². The lowest BCUT2D eigenvalue weighted by Crippen LogP contribution is -2.07. The van der Waals surface area contributed by atoms with E-state index in [0.717, 1.165) is 68.3 Å². The lowest BCUT2D eigenvalue weighted by atomic mass is 10.1. The number of carbonyl (C=O) groups is 2. The van der Waals surface area contributed by atoms with Crippen molar-refractivity contribution < 1.29 is 29.3 Å². The number of hydrogen-bond acceptors (Lipinski definition) is 12. The number of unbranched alkanes of at least 4 members (excludes halogenated alkanes) is 3. The van der Waals surface area contributed by atoms with Gasteiger partial charge in [-0.3, -0.25) is 0 Å². The van der Waals surface area contributed by atoms with E-state index in [-0.39, 0.29) is 24.7 Å². The van der Waals surface area contributed by atoms with Crippen molar-refractivity contribution in [2.75, 3.05) is 23.8 Å². The molecule has 8 rings (SSSR count). The Hall–Kier alpha value is -8.38. The molecule has 0 aliphatic carbocycles. The van der Waals surface area contributed by atoms with Gasteiger partial charge in [-0.2, -0.15) is 10.2 Å². The number of phenols is 2. The van der Waals surface area contributed by atoms with Gasteiger partial charge in [-0.25, -0.2) is 9.59 Å². The van der Waals surface area contributed by atoms with Crippen LogP contribution in [0.3, 0.4) is 0 Å². The van der Waals surface area contributed by atoms with E-state index in [1.54, 1.807) is 72.8 Å². The highest BCUT2D eigenvalue weighted by Crippen LogP contribution is 2.35. The highest BCUT2D eigenvalue weighted by molar-refractivity contribution is 6.02. The summed E-state index contributed by atoms with van der Waals surface area (Å²) in [6.07, 6.45) is 3.03. The van der Waals surface area contributed by atoms with Gasteiger partial charge >= 0.3 is 11.9 Å². The third-order valence-corrected chi connectivity index (χ3v) is 10.9. The van der Waals surface area contributed by atoms with Crippen LogP contribution in [0, 0.1) is 0 Å². The largest absolute Gasteiger partial charge is 0.508 e. The van der Waals surface area contributed by atoms with Crippen molar-refractivity contribution in [1.29, 1.82) is 0 Å². The summed E-state index contributed by atoms with van der Waals surface area (Å²) < 4.78 is 11.0. The topological polar surface area (TPSA) is 167 Å². The van der Waals surface area contributed by atoms with E-state index in [2.05, 4.69) is 31.1 Å². The number of benzene rings is 8. The first-order chi connectivity index (χ1) is 32.4. The van der Waals surface area contributed by atoms with Gasteiger partial charge in [0.05, 0.1) is 47.1 Å². The van der Waals surface area contributed by atoms with Crippen LogP contribution in [0.2, 0.25) is 0 Å². The molecule has 0 aliphatic heterocycles. The SMILES string of the molecule is O=C(OCCCCCCOC(=O)c1ccc(N=Nc2ccc(NCc3ccc(O)cc3)c3ccccc23)cc1)c1ccc(N=Nc2ccc(NCc3ccc(O)cc3)c3ccccc23)cc1. The Morgan fingerprint density at radius 3 is 1.18 bits per heavy atom. The van der Waals surface area contributed by atoms with Gasteiger partial charge < -0.3 is 30.3 Å². The Bertz CT molecular complexity index is 2770. The number of ether oxygens (including phenoxy) is 2. The average Bonchev–Trinajstić information content (AvgIpc) is 3.36. The zero-order valence-electron chi connectivity index (χ0n) is 36.1. The van der Waals surface area contributed by atoms with E-state index < -0.39 is 11.9 Å². The van der Waals surface area contributed by atoms with E-state index in [0.29, 0.717) is 48.4 Å². The predicted molar refractivity (Wildman–Crippen MR) is 259 cm³/mol. The van der Waals surface area contributed by atoms with E-state index in [4.69, 9.17) is 9.47 Å². The van der Waals surface area contributed by atoms with Crippen LogP contribution in [-0.2, 0) is 22.6 Å². The third kappa shape index (κ3) is 11.8. The van der Waals surface area contributed by atoms with E-state index in [1.807, 2.05) is 97.1 Å². The smallest absolute Gasteiger partial charge is 0.338 e. The standard InChI is InChI=1S/C54H48N6O6/c61-43-25-13-37(14-26-43)35-55-49-29-31-51(47-11-5-3-9-45(47)49)59-57-41-21-17-39(18-22-41)53(63)65-33-7-1-2-8-34-66-54(64)40-19-23-42(24-20-40)58-60-52-32-30-50(46-10-4-6-12-48(46)52)56-36-38-15-27-44(62)28-16-38/h3-6,9-32,55-56,61-62H,1-2,7-8,33-36H2. The molecule has 0 saturated carbocycles. The molecule has 330 valence electrons. The van der Waals surface area contributed by atoms with Gasteiger partial charge in [0.2, 0.25) is 0 Å². The molecule has 0 atom stereocenters. The lowest BCUT2D eigenvalue weighted by molar-refractivity contribution is 0.0473. The van der Waals surface area contributed by atoms with E-state index in [1.165, 1.54) is 0 Å². The van der Waals surface area contributed by atoms with Crippen molar-refractivity contribution in [2.45, 2.75) is 38.8 Å². The maximum Gasteiger partial charge on any atom is 0.338 e. The number of hydrogen-bond donors (Lipinski definition) is 4. The molecule has 8 aromatic carbocycles. The van der Waals surface area contributed by atoms with Crippen LogP contribution < -0.4 is 10.6 Å². The Balaban J connectivity index is 0.726. The third-order valence-electron chi connectivity index (χ3n) is 10.9. The summed E-state index contributed by atoms with van der Waals surface area (Å²) >= 11 is 0. The Morgan fingerprint density at radius 1 is 0.409 bits per heavy atom. The Kier molecular flexibility index (Phi) is 14.6. The maximum atomic E-state index is 12.7. The molecular formula is C54H48N6O6. The summed E-state index contributed by atoms with van der Waals surface area (Å²) in [6, 6.07) is 51.7. The summed E-state index contributed by atoms with van der Waals surface area (Å²) in [5, 5.41) is 47.9. The molecule has 0 fully saturated rings. The molecule has 66 heavy (non-hydrogen) atoms. The van der Waals surface area contributed by atoms with Crippen LogP contribution in [-0.4, -0.2) is 35.4 Å². The second kappa shape index (κ2) is 21.8. The number of rotatable bonds is 19. The van der Waals surface area contributed by atoms with Crippen molar-refractivity contribution in [3.8, 4) is 11.5 Å². The van der Waals surface area contributed by atoms with Gasteiger partial charge in [0.25, 0.3) is 0 Å². The number of nitrogens with one attached hydrogen (secondary N) is 2. The summed E-state index contributed by atoms with van der Waals surface area (Å²) in [5.74, 6) is -0.331. The molecule has 12 heteroatoms. The molecule has 0 saturated heterocycles. The van der Waals surface area contributed by atoms with Gasteiger partial charge in [0, 0.05) is 46.0 Å². The fourth-order valence-corrected chi connectivity index (χ4v) is 7.28. The first-order valence-corrected chi connectivity index (χ1v) is 21.8. The molecule has 0 unspecified atom stereocenters. The quantitative estimate of drug-likeness (QED) is 0.0354. The number of nitrogens with zero attached hydrogens (tertiary/aromatic N) is 4. The van der Waals surface area contributed by atoms with Crippen LogP contribution in [0.25, 0.3) is 21.5 Å². The molecule has 12 nitrogen and oxygen atoms in total. The average molecular weight is 877 g/mol. The molecule has 8 aromatic rings. The van der Waals surface area contributed by atoms with Gasteiger partial charge in [0.15, 0.2) is 0 Å². The molecule has 4 N–H and O–H groups in total.